The van der Waals surface area contributed by atoms with Gasteiger partial charge in [-0.25, -0.2) is 9.97 Å². The molecule has 0 fully saturated rings. The molecule has 5 heteroatoms. The van der Waals surface area contributed by atoms with Gasteiger partial charge in [0, 0.05) is 51.9 Å². The van der Waals surface area contributed by atoms with Gasteiger partial charge in [0.1, 0.15) is 11.3 Å². The Bertz CT molecular complexity index is 4450. The Hall–Kier alpha value is -9.97. The van der Waals surface area contributed by atoms with E-state index in [-0.39, 0.29) is 0 Å². The first-order valence-electron chi connectivity index (χ1n) is 26.7. The number of benzene rings is 9. The Morgan fingerprint density at radius 1 is 0.282 bits per heavy atom. The highest BCUT2D eigenvalue weighted by molar-refractivity contribution is 6.01. The van der Waals surface area contributed by atoms with Crippen molar-refractivity contribution in [3.63, 3.8) is 0 Å². The number of fused-ring (bicyclic) bond motifs is 6. The lowest BCUT2D eigenvalue weighted by molar-refractivity contribution is 1.10. The Morgan fingerprint density at radius 2 is 0.654 bits per heavy atom. The molecule has 0 N–H and O–H groups in total. The van der Waals surface area contributed by atoms with Gasteiger partial charge in [0.05, 0.1) is 17.1 Å². The highest BCUT2D eigenvalue weighted by Gasteiger charge is 2.19. The molecule has 0 spiro atoms. The average molecular weight is 1000 g/mol. The summed E-state index contributed by atoms with van der Waals surface area (Å²) in [5.41, 5.74) is 26.8. The molecule has 5 heterocycles. The zero-order valence-electron chi connectivity index (χ0n) is 43.9. The molecule has 5 nitrogen and oxygen atoms in total. The van der Waals surface area contributed by atoms with Crippen LogP contribution >= 0.6 is 0 Å². The second-order valence-electron chi connectivity index (χ2n) is 20.6. The first kappa shape index (κ1) is 46.6. The summed E-state index contributed by atoms with van der Waals surface area (Å²) < 4.78 is 4.39. The van der Waals surface area contributed by atoms with Crippen LogP contribution in [0.2, 0.25) is 0 Å². The number of aromatic nitrogens is 5. The summed E-state index contributed by atoms with van der Waals surface area (Å²) in [7, 11) is 0. The first-order chi connectivity index (χ1) is 38.3. The topological polar surface area (TPSA) is 47.5 Å². The van der Waals surface area contributed by atoms with E-state index in [4.69, 9.17) is 15.0 Å². The number of aryl methyl sites for hydroxylation is 4. The average Bonchev–Trinajstić information content (AvgIpc) is 4.14. The van der Waals surface area contributed by atoms with E-state index in [1.54, 1.807) is 0 Å². The molecule has 0 aliphatic rings. The quantitative estimate of drug-likeness (QED) is 0.145. The van der Waals surface area contributed by atoms with Gasteiger partial charge in [0.2, 0.25) is 0 Å². The highest BCUT2D eigenvalue weighted by atomic mass is 15.0. The van der Waals surface area contributed by atoms with Crippen LogP contribution in [0.1, 0.15) is 22.8 Å². The van der Waals surface area contributed by atoms with Crippen molar-refractivity contribution >= 4 is 32.8 Å². The van der Waals surface area contributed by atoms with Crippen molar-refractivity contribution in [2.75, 3.05) is 0 Å². The van der Waals surface area contributed by atoms with Gasteiger partial charge in [-0.3, -0.25) is 4.98 Å². The molecule has 0 radical (unpaired) electrons. The van der Waals surface area contributed by atoms with Crippen LogP contribution in [0.5, 0.6) is 0 Å². The van der Waals surface area contributed by atoms with E-state index in [1.165, 1.54) is 16.7 Å². The Labute approximate surface area is 454 Å². The van der Waals surface area contributed by atoms with E-state index in [1.807, 2.05) is 6.20 Å². The molecule has 14 rings (SSSR count). The lowest BCUT2D eigenvalue weighted by atomic mass is 9.86. The van der Waals surface area contributed by atoms with Crippen LogP contribution in [0, 0.1) is 27.7 Å². The van der Waals surface area contributed by atoms with E-state index in [0.717, 1.165) is 139 Å². The number of rotatable bonds is 9. The molecule has 0 saturated heterocycles. The van der Waals surface area contributed by atoms with Gasteiger partial charge in [-0.15, -0.1) is 0 Å². The molecule has 0 bridgehead atoms. The van der Waals surface area contributed by atoms with Crippen LogP contribution in [-0.4, -0.2) is 23.8 Å². The van der Waals surface area contributed by atoms with Crippen molar-refractivity contribution in [1.82, 2.24) is 23.8 Å². The SMILES string of the molecule is Cc1nc2c3ccc(-c4ccccc4-c4cc(-c5ccccc5-c5ccc(-c6cccc(-c7ccc(-c8ccccc8)cc7)c6)nc5)cc(-c5ccccc5-c5ccc6c(ccn7c(C)c(C)nc67)c5)c4)cc3ccn2c1C. The molecule has 14 aromatic rings. The molecule has 0 unspecified atom stereocenters. The van der Waals surface area contributed by atoms with Gasteiger partial charge in [-0.2, -0.15) is 0 Å². The second kappa shape index (κ2) is 19.0. The predicted molar refractivity (Wildman–Crippen MR) is 325 cm³/mol. The lowest BCUT2D eigenvalue weighted by Gasteiger charge is -2.18. The number of imidazole rings is 2. The maximum absolute atomic E-state index is 5.15. The molecule has 78 heavy (non-hydrogen) atoms. The van der Waals surface area contributed by atoms with Gasteiger partial charge in [-0.1, -0.05) is 176 Å². The summed E-state index contributed by atoms with van der Waals surface area (Å²) in [5.74, 6) is 0. The molecule has 5 aromatic heterocycles. The van der Waals surface area contributed by atoms with Gasteiger partial charge in [0.15, 0.2) is 0 Å². The van der Waals surface area contributed by atoms with Crippen molar-refractivity contribution in [2.45, 2.75) is 27.7 Å². The van der Waals surface area contributed by atoms with Gasteiger partial charge >= 0.3 is 0 Å². The maximum Gasteiger partial charge on any atom is 0.145 e. The van der Waals surface area contributed by atoms with Gasteiger partial charge in [0.25, 0.3) is 0 Å². The first-order valence-corrected chi connectivity index (χ1v) is 26.7. The van der Waals surface area contributed by atoms with Crippen molar-refractivity contribution in [3.05, 3.63) is 272 Å². The smallest absolute Gasteiger partial charge is 0.145 e. The molecule has 0 amide bonds. The number of pyridine rings is 3. The Morgan fingerprint density at radius 3 is 1.13 bits per heavy atom. The van der Waals surface area contributed by atoms with E-state index in [0.29, 0.717) is 0 Å². The summed E-state index contributed by atoms with van der Waals surface area (Å²) >= 11 is 0. The van der Waals surface area contributed by atoms with Crippen molar-refractivity contribution < 1.29 is 0 Å². The Balaban J connectivity index is 0.880. The molecule has 0 atom stereocenters. The summed E-state index contributed by atoms with van der Waals surface area (Å²) in [6, 6.07) is 84.0. The van der Waals surface area contributed by atoms with Crippen molar-refractivity contribution in [2.24, 2.45) is 0 Å². The minimum absolute atomic E-state index is 0.928. The van der Waals surface area contributed by atoms with Crippen LogP contribution in [0.25, 0.3) is 133 Å². The third-order valence-corrected chi connectivity index (χ3v) is 16.0. The maximum atomic E-state index is 5.15. The largest absolute Gasteiger partial charge is 0.304 e. The molecular weight excluding hydrogens is 947 g/mol. The zero-order chi connectivity index (χ0) is 52.4. The van der Waals surface area contributed by atoms with Crippen LogP contribution in [0.15, 0.2) is 249 Å². The fourth-order valence-corrected chi connectivity index (χ4v) is 11.6. The molecule has 0 aliphatic carbocycles. The van der Waals surface area contributed by atoms with Gasteiger partial charge < -0.3 is 8.80 Å². The number of hydrogen-bond donors (Lipinski definition) is 0. The molecule has 9 aromatic carbocycles. The minimum Gasteiger partial charge on any atom is -0.304 e. The number of nitrogens with zero attached hydrogens (tertiary/aromatic N) is 5. The summed E-state index contributed by atoms with van der Waals surface area (Å²) in [6.45, 7) is 8.43. The van der Waals surface area contributed by atoms with Crippen LogP contribution < -0.4 is 0 Å². The fourth-order valence-electron chi connectivity index (χ4n) is 11.6. The lowest BCUT2D eigenvalue weighted by Crippen LogP contribution is -1.93. The van der Waals surface area contributed by atoms with Crippen LogP contribution in [0.3, 0.4) is 0 Å². The molecule has 0 saturated carbocycles. The van der Waals surface area contributed by atoms with Gasteiger partial charge in [-0.05, 0) is 177 Å². The molecular formula is C73H53N5. The number of hydrogen-bond acceptors (Lipinski definition) is 3. The monoisotopic (exact) mass is 999 g/mol. The van der Waals surface area contributed by atoms with E-state index < -0.39 is 0 Å². The third kappa shape index (κ3) is 8.16. The fraction of sp³-hybridized carbons (Fsp3) is 0.0548. The normalized spacial score (nSPS) is 11.6. The summed E-state index contributed by atoms with van der Waals surface area (Å²) in [4.78, 5) is 15.1. The van der Waals surface area contributed by atoms with Crippen molar-refractivity contribution in [1.29, 1.82) is 0 Å². The summed E-state index contributed by atoms with van der Waals surface area (Å²) in [5, 5.41) is 4.60. The highest BCUT2D eigenvalue weighted by Crippen LogP contribution is 2.43. The zero-order valence-corrected chi connectivity index (χ0v) is 43.9. The van der Waals surface area contributed by atoms with Crippen LogP contribution in [0.4, 0.5) is 0 Å². The van der Waals surface area contributed by atoms with Crippen LogP contribution in [-0.2, 0) is 0 Å². The molecule has 370 valence electrons. The second-order valence-corrected chi connectivity index (χ2v) is 20.6. The van der Waals surface area contributed by atoms with E-state index >= 15 is 0 Å². The summed E-state index contributed by atoms with van der Waals surface area (Å²) in [6.07, 6.45) is 6.33. The third-order valence-electron chi connectivity index (χ3n) is 16.0. The van der Waals surface area contributed by atoms with E-state index in [2.05, 4.69) is 279 Å². The Kier molecular flexibility index (Phi) is 11.3. The molecule has 0 aliphatic heterocycles. The predicted octanol–water partition coefficient (Wildman–Crippen LogP) is 18.9. The van der Waals surface area contributed by atoms with Crippen molar-refractivity contribution in [3.8, 4) is 100 Å². The minimum atomic E-state index is 0.928. The van der Waals surface area contributed by atoms with E-state index in [9.17, 15) is 0 Å². The standard InChI is InChI=1S/C73H53N5/c1-46-48(3)77-37-35-56-40-54(29-32-69(56)72(77)75-46)63-19-8-11-22-66(63)60-42-61(67-23-12-9-20-64(67)55-30-33-70-57(41-55)36-38-78-49(4)47(2)76-73(70)78)44-62(43-60)68-24-13-10-21-65(68)59-31-34-71(74-45-59)58-18-14-17-53(39-58)52-27-25-51(26-28-52)50-15-6-5-7-16-50/h5-45H,1-4H3.